The van der Waals surface area contributed by atoms with Gasteiger partial charge in [0.2, 0.25) is 0 Å². The lowest BCUT2D eigenvalue weighted by Gasteiger charge is -2.40. The predicted octanol–water partition coefficient (Wildman–Crippen LogP) is 2.70. The number of carbonyl (C=O) groups is 1. The maximum absolute atomic E-state index is 13.5. The van der Waals surface area contributed by atoms with Gasteiger partial charge in [-0.05, 0) is 18.9 Å². The van der Waals surface area contributed by atoms with Crippen LogP contribution in [0.2, 0.25) is 0 Å². The molecule has 0 unspecified atom stereocenters. The van der Waals surface area contributed by atoms with Crippen molar-refractivity contribution in [2.75, 3.05) is 31.5 Å². The van der Waals surface area contributed by atoms with Gasteiger partial charge in [-0.15, -0.1) is 0 Å². The SMILES string of the molecule is O=C(Nc1ccncc1F)N1CCN(C2CCCCC2)CC1. The monoisotopic (exact) mass is 306 g/mol. The molecule has 6 heteroatoms. The molecular formula is C16H23FN4O. The Morgan fingerprint density at radius 3 is 2.59 bits per heavy atom. The molecular weight excluding hydrogens is 283 g/mol. The van der Waals surface area contributed by atoms with Gasteiger partial charge in [0.25, 0.3) is 0 Å². The van der Waals surface area contributed by atoms with Crippen molar-refractivity contribution in [1.29, 1.82) is 0 Å². The molecule has 0 aromatic carbocycles. The van der Waals surface area contributed by atoms with Gasteiger partial charge in [-0.1, -0.05) is 19.3 Å². The van der Waals surface area contributed by atoms with Crippen LogP contribution in [0.5, 0.6) is 0 Å². The van der Waals surface area contributed by atoms with E-state index in [1.807, 2.05) is 0 Å². The Morgan fingerprint density at radius 1 is 1.18 bits per heavy atom. The summed E-state index contributed by atoms with van der Waals surface area (Å²) in [5, 5.41) is 2.63. The van der Waals surface area contributed by atoms with Gasteiger partial charge in [-0.3, -0.25) is 9.88 Å². The third kappa shape index (κ3) is 3.55. The molecule has 1 N–H and O–H groups in total. The van der Waals surface area contributed by atoms with E-state index >= 15 is 0 Å². The number of anilines is 1. The minimum atomic E-state index is -0.503. The lowest BCUT2D eigenvalue weighted by molar-refractivity contribution is 0.0943. The zero-order valence-electron chi connectivity index (χ0n) is 12.8. The first kappa shape index (κ1) is 15.2. The number of rotatable bonds is 2. The Labute approximate surface area is 130 Å². The van der Waals surface area contributed by atoms with Crippen LogP contribution in [0.25, 0.3) is 0 Å². The molecule has 1 saturated heterocycles. The lowest BCUT2D eigenvalue weighted by atomic mass is 9.94. The highest BCUT2D eigenvalue weighted by molar-refractivity contribution is 5.89. The molecule has 120 valence electrons. The second-order valence-corrected chi connectivity index (χ2v) is 6.10. The molecule has 0 atom stereocenters. The molecule has 0 radical (unpaired) electrons. The van der Waals surface area contributed by atoms with Crippen LogP contribution in [0.3, 0.4) is 0 Å². The van der Waals surface area contributed by atoms with Crippen LogP contribution in [0.15, 0.2) is 18.5 Å². The van der Waals surface area contributed by atoms with Crippen molar-refractivity contribution < 1.29 is 9.18 Å². The molecule has 5 nitrogen and oxygen atoms in total. The van der Waals surface area contributed by atoms with E-state index in [1.165, 1.54) is 44.4 Å². The fraction of sp³-hybridized carbons (Fsp3) is 0.625. The highest BCUT2D eigenvalue weighted by atomic mass is 19.1. The average Bonchev–Trinajstić information content (AvgIpc) is 2.58. The van der Waals surface area contributed by atoms with Gasteiger partial charge in [0.05, 0.1) is 11.9 Å². The van der Waals surface area contributed by atoms with Crippen LogP contribution in [0.4, 0.5) is 14.9 Å². The van der Waals surface area contributed by atoms with E-state index in [0.29, 0.717) is 19.1 Å². The van der Waals surface area contributed by atoms with Gasteiger partial charge in [0.15, 0.2) is 5.82 Å². The summed E-state index contributed by atoms with van der Waals surface area (Å²) in [5.41, 5.74) is 0.190. The Hall–Kier alpha value is -1.69. The van der Waals surface area contributed by atoms with Gasteiger partial charge >= 0.3 is 6.03 Å². The average molecular weight is 306 g/mol. The first-order valence-corrected chi connectivity index (χ1v) is 8.13. The number of hydrogen-bond acceptors (Lipinski definition) is 3. The van der Waals surface area contributed by atoms with Gasteiger partial charge in [0.1, 0.15) is 0 Å². The third-order valence-corrected chi connectivity index (χ3v) is 4.71. The normalized spacial score (nSPS) is 20.9. The Bertz CT molecular complexity index is 511. The van der Waals surface area contributed by atoms with Gasteiger partial charge in [0, 0.05) is 38.4 Å². The predicted molar refractivity (Wildman–Crippen MR) is 83.2 cm³/mol. The van der Waals surface area contributed by atoms with Crippen LogP contribution >= 0.6 is 0 Å². The summed E-state index contributed by atoms with van der Waals surface area (Å²) < 4.78 is 13.5. The molecule has 0 spiro atoms. The van der Waals surface area contributed by atoms with Crippen molar-refractivity contribution in [1.82, 2.24) is 14.8 Å². The van der Waals surface area contributed by atoms with Crippen LogP contribution in [-0.2, 0) is 0 Å². The van der Waals surface area contributed by atoms with E-state index in [2.05, 4.69) is 15.2 Å². The van der Waals surface area contributed by atoms with Crippen LogP contribution in [0, 0.1) is 5.82 Å². The molecule has 22 heavy (non-hydrogen) atoms. The number of nitrogens with one attached hydrogen (secondary N) is 1. The number of halogens is 1. The largest absolute Gasteiger partial charge is 0.322 e. The number of hydrogen-bond donors (Lipinski definition) is 1. The minimum absolute atomic E-state index is 0.190. The number of urea groups is 1. The summed E-state index contributed by atoms with van der Waals surface area (Å²) in [6.07, 6.45) is 9.16. The minimum Gasteiger partial charge on any atom is -0.322 e. The smallest absolute Gasteiger partial charge is 0.322 e. The molecule has 2 aliphatic rings. The number of nitrogens with zero attached hydrogens (tertiary/aromatic N) is 3. The van der Waals surface area contributed by atoms with E-state index < -0.39 is 5.82 Å². The quantitative estimate of drug-likeness (QED) is 0.914. The van der Waals surface area contributed by atoms with Crippen LogP contribution in [-0.4, -0.2) is 53.0 Å². The zero-order valence-corrected chi connectivity index (χ0v) is 12.8. The van der Waals surface area contributed by atoms with E-state index in [9.17, 15) is 9.18 Å². The molecule has 3 rings (SSSR count). The van der Waals surface area contributed by atoms with Crippen LogP contribution in [0.1, 0.15) is 32.1 Å². The topological polar surface area (TPSA) is 48.5 Å². The van der Waals surface area contributed by atoms with Crippen molar-refractivity contribution in [2.24, 2.45) is 0 Å². The Morgan fingerprint density at radius 2 is 1.91 bits per heavy atom. The van der Waals surface area contributed by atoms with E-state index in [-0.39, 0.29) is 11.7 Å². The highest BCUT2D eigenvalue weighted by Crippen LogP contribution is 2.23. The van der Waals surface area contributed by atoms with Gasteiger partial charge < -0.3 is 10.2 Å². The fourth-order valence-electron chi connectivity index (χ4n) is 3.41. The van der Waals surface area contributed by atoms with Crippen molar-refractivity contribution in [3.05, 3.63) is 24.3 Å². The highest BCUT2D eigenvalue weighted by Gasteiger charge is 2.27. The zero-order chi connectivity index (χ0) is 15.4. The van der Waals surface area contributed by atoms with E-state index in [4.69, 9.17) is 0 Å². The Balaban J connectivity index is 1.50. The number of aromatic nitrogens is 1. The van der Waals surface area contributed by atoms with Crippen molar-refractivity contribution in [2.45, 2.75) is 38.1 Å². The second-order valence-electron chi connectivity index (χ2n) is 6.10. The summed E-state index contributed by atoms with van der Waals surface area (Å²) in [7, 11) is 0. The van der Waals surface area contributed by atoms with Crippen molar-refractivity contribution >= 4 is 11.7 Å². The summed E-state index contributed by atoms with van der Waals surface area (Å²) in [6.45, 7) is 3.23. The second kappa shape index (κ2) is 7.05. The summed E-state index contributed by atoms with van der Waals surface area (Å²) in [6, 6.07) is 1.94. The third-order valence-electron chi connectivity index (χ3n) is 4.71. The maximum atomic E-state index is 13.5. The standard InChI is InChI=1S/C16H23FN4O/c17-14-12-18-7-6-15(14)19-16(22)21-10-8-20(9-11-21)13-4-2-1-3-5-13/h6-7,12-13H,1-5,8-11H2,(H,18,19,22). The number of pyridine rings is 1. The molecule has 1 aromatic rings. The fourth-order valence-corrected chi connectivity index (χ4v) is 3.41. The summed E-state index contributed by atoms with van der Waals surface area (Å²) >= 11 is 0. The molecule has 2 amide bonds. The molecule has 0 bridgehead atoms. The van der Waals surface area contributed by atoms with E-state index in [1.54, 1.807) is 4.90 Å². The molecule has 2 heterocycles. The van der Waals surface area contributed by atoms with Gasteiger partial charge in [-0.2, -0.15) is 0 Å². The maximum Gasteiger partial charge on any atom is 0.322 e. The first-order chi connectivity index (χ1) is 10.7. The first-order valence-electron chi connectivity index (χ1n) is 8.13. The number of piperazine rings is 1. The molecule has 1 aliphatic heterocycles. The van der Waals surface area contributed by atoms with Gasteiger partial charge in [-0.25, -0.2) is 9.18 Å². The summed E-state index contributed by atoms with van der Waals surface area (Å²) in [5.74, 6) is -0.503. The molecule has 1 aliphatic carbocycles. The van der Waals surface area contributed by atoms with E-state index in [0.717, 1.165) is 19.3 Å². The molecule has 2 fully saturated rings. The molecule has 1 aromatic heterocycles. The van der Waals surface area contributed by atoms with Crippen LogP contribution < -0.4 is 5.32 Å². The van der Waals surface area contributed by atoms with Crippen molar-refractivity contribution in [3.63, 3.8) is 0 Å². The molecule has 1 saturated carbocycles. The lowest BCUT2D eigenvalue weighted by Crippen LogP contribution is -2.53. The Kier molecular flexibility index (Phi) is 4.87. The summed E-state index contributed by atoms with van der Waals surface area (Å²) in [4.78, 5) is 20.2. The number of amides is 2. The number of carbonyl (C=O) groups excluding carboxylic acids is 1. The van der Waals surface area contributed by atoms with Crippen molar-refractivity contribution in [3.8, 4) is 0 Å².